The molecule has 3 atom stereocenters. The molecule has 1 aliphatic heterocycles. The van der Waals surface area contributed by atoms with Crippen molar-refractivity contribution in [2.45, 2.75) is 18.4 Å². The second-order valence-corrected chi connectivity index (χ2v) is 4.28. The Hall–Kier alpha value is -2.42. The molecule has 0 spiro atoms. The number of anilines is 1. The summed E-state index contributed by atoms with van der Waals surface area (Å²) in [5, 5.41) is 22.2. The van der Waals surface area contributed by atoms with Crippen molar-refractivity contribution in [2.24, 2.45) is 0 Å². The van der Waals surface area contributed by atoms with Crippen LogP contribution < -0.4 is 5.73 Å². The first-order chi connectivity index (χ1) is 9.54. The number of nitrogen functional groups attached to an aromatic ring is 1. The Bertz CT molecular complexity index is 702. The summed E-state index contributed by atoms with van der Waals surface area (Å²) in [6.07, 6.45) is -3.26. The predicted octanol–water partition coefficient (Wildman–Crippen LogP) is 0.620. The Kier molecular flexibility index (Phi) is 2.71. The Balaban J connectivity index is 2.15. The Morgan fingerprint density at radius 1 is 1.50 bits per heavy atom. The molecule has 0 amide bonds. The highest BCUT2D eigenvalue weighted by molar-refractivity contribution is 5.66. The summed E-state index contributed by atoms with van der Waals surface area (Å²) in [6.45, 7) is 0. The predicted molar refractivity (Wildman–Crippen MR) is 62.8 cm³/mol. The van der Waals surface area contributed by atoms with Gasteiger partial charge in [0.1, 0.15) is 24.2 Å². The van der Waals surface area contributed by atoms with Gasteiger partial charge in [0.15, 0.2) is 29.7 Å². The molecule has 1 saturated heterocycles. The normalized spacial score (nSPS) is 28.1. The minimum atomic E-state index is -1.87. The van der Waals surface area contributed by atoms with Crippen LogP contribution in [0.1, 0.15) is 11.8 Å². The number of hydrogen-bond acceptors (Lipinski definition) is 6. The fourth-order valence-electron chi connectivity index (χ4n) is 2.18. The topological polar surface area (TPSA) is 106 Å². The van der Waals surface area contributed by atoms with Gasteiger partial charge in [0.05, 0.1) is 5.69 Å². The number of nitrogens with two attached hydrogens (primary N) is 1. The highest BCUT2D eigenvalue weighted by Crippen LogP contribution is 2.38. The maximum atomic E-state index is 14.0. The Labute approximate surface area is 110 Å². The largest absolute Gasteiger partial charge is 0.512 e. The lowest BCUT2D eigenvalue weighted by Crippen LogP contribution is -2.21. The van der Waals surface area contributed by atoms with E-state index in [-0.39, 0.29) is 22.8 Å². The van der Waals surface area contributed by atoms with Crippen molar-refractivity contribution >= 4 is 11.3 Å². The van der Waals surface area contributed by atoms with Crippen molar-refractivity contribution in [3.8, 4) is 0 Å². The second kappa shape index (κ2) is 4.30. The van der Waals surface area contributed by atoms with Gasteiger partial charge in [-0.1, -0.05) is 0 Å². The minimum absolute atomic E-state index is 0.0231. The lowest BCUT2D eigenvalue weighted by Gasteiger charge is -2.12. The van der Waals surface area contributed by atoms with E-state index in [0.717, 1.165) is 16.9 Å². The van der Waals surface area contributed by atoms with Gasteiger partial charge in [0.25, 0.3) is 0 Å². The summed E-state index contributed by atoms with van der Waals surface area (Å²) in [5.74, 6) is -1.17. The molecule has 3 rings (SSSR count). The molecule has 0 aliphatic carbocycles. The van der Waals surface area contributed by atoms with Crippen LogP contribution >= 0.6 is 0 Å². The first-order valence-corrected chi connectivity index (χ1v) is 5.65. The first-order valence-electron chi connectivity index (χ1n) is 5.65. The number of rotatable bonds is 1. The van der Waals surface area contributed by atoms with Crippen molar-refractivity contribution in [2.75, 3.05) is 5.73 Å². The van der Waals surface area contributed by atoms with Crippen LogP contribution in [0.5, 0.6) is 0 Å². The molecule has 2 aromatic heterocycles. The van der Waals surface area contributed by atoms with Crippen LogP contribution in [-0.4, -0.2) is 37.1 Å². The average Bonchev–Trinajstić information content (AvgIpc) is 2.90. The minimum Gasteiger partial charge on any atom is -0.512 e. The lowest BCUT2D eigenvalue weighted by molar-refractivity contribution is 0.0852. The van der Waals surface area contributed by atoms with Crippen molar-refractivity contribution < 1.29 is 23.7 Å². The standard InChI is InChI=1S/C11H10F2N4O3/c12-4-1-5(17-8(4)11(14)15-3-16-17)10-7(13)9(19)6(2-18)20-10/h1-3,7,9-10,18-19H,(H2,14,15,16)/b6-2+/t7-,9-,10+/m1/s1. The van der Waals surface area contributed by atoms with E-state index in [1.165, 1.54) is 0 Å². The SMILES string of the molecule is Nc1ncnn2c([C@@H]3O/C(=C/O)[C@@H](O)[C@H]3F)cc(F)c12. The van der Waals surface area contributed by atoms with Crippen molar-refractivity contribution in [3.63, 3.8) is 0 Å². The van der Waals surface area contributed by atoms with Gasteiger partial charge in [-0.05, 0) is 0 Å². The smallest absolute Gasteiger partial charge is 0.176 e. The third-order valence-electron chi connectivity index (χ3n) is 3.13. The van der Waals surface area contributed by atoms with E-state index < -0.39 is 24.2 Å². The van der Waals surface area contributed by atoms with Crippen LogP contribution in [0.2, 0.25) is 0 Å². The van der Waals surface area contributed by atoms with Crippen LogP contribution in [-0.2, 0) is 4.74 Å². The molecule has 0 saturated carbocycles. The van der Waals surface area contributed by atoms with E-state index in [9.17, 15) is 13.9 Å². The fourth-order valence-corrected chi connectivity index (χ4v) is 2.18. The molecule has 3 heterocycles. The van der Waals surface area contributed by atoms with E-state index >= 15 is 0 Å². The fraction of sp³-hybridized carbons (Fsp3) is 0.273. The number of alkyl halides is 1. The molecular formula is C11H10F2N4O3. The van der Waals surface area contributed by atoms with Gasteiger partial charge in [-0.25, -0.2) is 18.3 Å². The van der Waals surface area contributed by atoms with Gasteiger partial charge < -0.3 is 20.7 Å². The van der Waals surface area contributed by atoms with Crippen molar-refractivity contribution in [1.82, 2.24) is 14.6 Å². The molecule has 0 aromatic carbocycles. The summed E-state index contributed by atoms with van der Waals surface area (Å²) in [4.78, 5) is 3.64. The van der Waals surface area contributed by atoms with Crippen molar-refractivity contribution in [1.29, 1.82) is 0 Å². The Morgan fingerprint density at radius 3 is 2.90 bits per heavy atom. The second-order valence-electron chi connectivity index (χ2n) is 4.28. The number of aliphatic hydroxyl groups excluding tert-OH is 2. The molecular weight excluding hydrogens is 274 g/mol. The maximum absolute atomic E-state index is 14.0. The number of halogens is 2. The zero-order valence-corrected chi connectivity index (χ0v) is 9.94. The number of aliphatic hydroxyl groups is 2. The average molecular weight is 284 g/mol. The van der Waals surface area contributed by atoms with Crippen LogP contribution in [0.4, 0.5) is 14.6 Å². The van der Waals surface area contributed by atoms with E-state index in [1.807, 2.05) is 0 Å². The number of ether oxygens (including phenoxy) is 1. The molecule has 1 fully saturated rings. The summed E-state index contributed by atoms with van der Waals surface area (Å²) in [6, 6.07) is 1.00. The maximum Gasteiger partial charge on any atom is 0.176 e. The van der Waals surface area contributed by atoms with Crippen molar-refractivity contribution in [3.05, 3.63) is 35.9 Å². The number of fused-ring (bicyclic) bond motifs is 1. The number of hydrogen-bond donors (Lipinski definition) is 3. The molecule has 20 heavy (non-hydrogen) atoms. The molecule has 0 radical (unpaired) electrons. The zero-order valence-electron chi connectivity index (χ0n) is 9.94. The highest BCUT2D eigenvalue weighted by Gasteiger charge is 2.44. The van der Waals surface area contributed by atoms with E-state index in [0.29, 0.717) is 6.26 Å². The summed E-state index contributed by atoms with van der Waals surface area (Å²) in [5.41, 5.74) is 5.46. The van der Waals surface area contributed by atoms with Gasteiger partial charge in [0, 0.05) is 6.07 Å². The monoisotopic (exact) mass is 284 g/mol. The molecule has 4 N–H and O–H groups in total. The lowest BCUT2D eigenvalue weighted by atomic mass is 10.1. The van der Waals surface area contributed by atoms with E-state index in [4.69, 9.17) is 15.6 Å². The van der Waals surface area contributed by atoms with Crippen LogP contribution in [0.3, 0.4) is 0 Å². The first kappa shape index (κ1) is 12.6. The molecule has 106 valence electrons. The van der Waals surface area contributed by atoms with Gasteiger partial charge >= 0.3 is 0 Å². The molecule has 7 nitrogen and oxygen atoms in total. The van der Waals surface area contributed by atoms with Gasteiger partial charge in [-0.3, -0.25) is 0 Å². The summed E-state index contributed by atoms with van der Waals surface area (Å²) >= 11 is 0. The van der Waals surface area contributed by atoms with Gasteiger partial charge in [0.2, 0.25) is 0 Å². The quantitative estimate of drug-likeness (QED) is 0.663. The van der Waals surface area contributed by atoms with E-state index in [1.54, 1.807) is 0 Å². The van der Waals surface area contributed by atoms with Crippen LogP contribution in [0, 0.1) is 5.82 Å². The summed E-state index contributed by atoms with van der Waals surface area (Å²) in [7, 11) is 0. The number of aromatic nitrogens is 3. The molecule has 0 bridgehead atoms. The molecule has 0 unspecified atom stereocenters. The molecule has 9 heteroatoms. The highest BCUT2D eigenvalue weighted by atomic mass is 19.1. The third-order valence-corrected chi connectivity index (χ3v) is 3.13. The third kappa shape index (κ3) is 1.59. The molecule has 1 aliphatic rings. The van der Waals surface area contributed by atoms with Gasteiger partial charge in [-0.15, -0.1) is 0 Å². The molecule has 2 aromatic rings. The summed E-state index contributed by atoms with van der Waals surface area (Å²) < 4.78 is 34.0. The van der Waals surface area contributed by atoms with E-state index in [2.05, 4.69) is 10.1 Å². The zero-order chi connectivity index (χ0) is 14.4. The van der Waals surface area contributed by atoms with Gasteiger partial charge in [-0.2, -0.15) is 5.10 Å². The van der Waals surface area contributed by atoms with Crippen LogP contribution in [0.15, 0.2) is 24.4 Å². The Morgan fingerprint density at radius 2 is 2.25 bits per heavy atom. The van der Waals surface area contributed by atoms with Crippen LogP contribution in [0.25, 0.3) is 5.52 Å². The number of nitrogens with zero attached hydrogens (tertiary/aromatic N) is 3.